The molecule has 1 aromatic carbocycles. The van der Waals surface area contributed by atoms with Crippen LogP contribution in [0, 0.1) is 0 Å². The Morgan fingerprint density at radius 2 is 1.92 bits per heavy atom. The molecular formula is C20H23N3S2. The van der Waals surface area contributed by atoms with Crippen LogP contribution in [0.4, 0.5) is 0 Å². The van der Waals surface area contributed by atoms with Gasteiger partial charge in [0.2, 0.25) is 0 Å². The van der Waals surface area contributed by atoms with Gasteiger partial charge in [0, 0.05) is 12.3 Å². The first kappa shape index (κ1) is 18.0. The summed E-state index contributed by atoms with van der Waals surface area (Å²) in [6.45, 7) is 11.3. The molecule has 0 atom stereocenters. The molecule has 0 saturated heterocycles. The predicted molar refractivity (Wildman–Crippen MR) is 108 cm³/mol. The molecule has 25 heavy (non-hydrogen) atoms. The van der Waals surface area contributed by atoms with Gasteiger partial charge >= 0.3 is 0 Å². The SMILES string of the molecule is C=CCn1c(SCc2ccc(C(C)(C)C)cc2)nnc1-c1cccs1. The molecule has 130 valence electrons. The molecular weight excluding hydrogens is 346 g/mol. The van der Waals surface area contributed by atoms with E-state index in [0.29, 0.717) is 6.54 Å². The standard InChI is InChI=1S/C20H23N3S2/c1-5-12-23-18(17-7-6-13-24-17)21-22-19(23)25-14-15-8-10-16(11-9-15)20(2,3)4/h5-11,13H,1,12,14H2,2-4H3. The van der Waals surface area contributed by atoms with Gasteiger partial charge in [-0.2, -0.15) is 0 Å². The van der Waals surface area contributed by atoms with E-state index in [1.807, 2.05) is 12.1 Å². The number of rotatable bonds is 6. The smallest absolute Gasteiger partial charge is 0.192 e. The molecule has 0 amide bonds. The number of nitrogens with zero attached hydrogens (tertiary/aromatic N) is 3. The van der Waals surface area contributed by atoms with Crippen molar-refractivity contribution in [2.45, 2.75) is 43.6 Å². The van der Waals surface area contributed by atoms with Crippen LogP contribution in [0.2, 0.25) is 0 Å². The van der Waals surface area contributed by atoms with E-state index in [1.54, 1.807) is 23.1 Å². The summed E-state index contributed by atoms with van der Waals surface area (Å²) in [6.07, 6.45) is 1.89. The molecule has 0 aliphatic rings. The van der Waals surface area contributed by atoms with Crippen LogP contribution < -0.4 is 0 Å². The van der Waals surface area contributed by atoms with E-state index in [9.17, 15) is 0 Å². The van der Waals surface area contributed by atoms with Crippen LogP contribution in [0.15, 0.2) is 59.6 Å². The summed E-state index contributed by atoms with van der Waals surface area (Å²) >= 11 is 3.40. The second kappa shape index (κ2) is 7.58. The molecule has 0 radical (unpaired) electrons. The van der Waals surface area contributed by atoms with Crippen LogP contribution in [0.1, 0.15) is 31.9 Å². The van der Waals surface area contributed by atoms with Gasteiger partial charge < -0.3 is 0 Å². The van der Waals surface area contributed by atoms with Crippen LogP contribution in [0.5, 0.6) is 0 Å². The number of allylic oxidation sites excluding steroid dienone is 1. The normalized spacial score (nSPS) is 11.6. The largest absolute Gasteiger partial charge is 0.297 e. The first-order valence-electron chi connectivity index (χ1n) is 8.29. The summed E-state index contributed by atoms with van der Waals surface area (Å²) in [5.74, 6) is 1.80. The summed E-state index contributed by atoms with van der Waals surface area (Å²) in [5.41, 5.74) is 2.84. The number of benzene rings is 1. The van der Waals surface area contributed by atoms with Crippen LogP contribution >= 0.6 is 23.1 Å². The van der Waals surface area contributed by atoms with Crippen molar-refractivity contribution in [2.24, 2.45) is 0 Å². The van der Waals surface area contributed by atoms with Gasteiger partial charge in [0.15, 0.2) is 11.0 Å². The van der Waals surface area contributed by atoms with Gasteiger partial charge in [-0.05, 0) is 28.0 Å². The van der Waals surface area contributed by atoms with E-state index in [1.165, 1.54) is 11.1 Å². The van der Waals surface area contributed by atoms with Crippen molar-refractivity contribution in [1.82, 2.24) is 14.8 Å². The van der Waals surface area contributed by atoms with Gasteiger partial charge in [-0.15, -0.1) is 28.1 Å². The first-order valence-corrected chi connectivity index (χ1v) is 10.2. The van der Waals surface area contributed by atoms with Crippen LogP contribution in [0.3, 0.4) is 0 Å². The van der Waals surface area contributed by atoms with Crippen molar-refractivity contribution in [2.75, 3.05) is 0 Å². The molecule has 3 aromatic rings. The Balaban J connectivity index is 1.76. The second-order valence-corrected chi connectivity index (χ2v) is 8.81. The average molecular weight is 370 g/mol. The third kappa shape index (κ3) is 4.22. The predicted octanol–water partition coefficient (Wildman–Crippen LogP) is 5.78. The Bertz CT molecular complexity index is 825. The Morgan fingerprint density at radius 3 is 2.52 bits per heavy atom. The molecule has 0 N–H and O–H groups in total. The highest BCUT2D eigenvalue weighted by Crippen LogP contribution is 2.29. The molecule has 2 aromatic heterocycles. The van der Waals surface area contributed by atoms with Gasteiger partial charge in [-0.3, -0.25) is 4.57 Å². The van der Waals surface area contributed by atoms with E-state index in [4.69, 9.17) is 0 Å². The van der Waals surface area contributed by atoms with E-state index < -0.39 is 0 Å². The quantitative estimate of drug-likeness (QED) is 0.407. The first-order chi connectivity index (χ1) is 12.0. The van der Waals surface area contributed by atoms with Crippen molar-refractivity contribution in [3.63, 3.8) is 0 Å². The zero-order valence-corrected chi connectivity index (χ0v) is 16.5. The fourth-order valence-corrected chi connectivity index (χ4v) is 4.15. The maximum atomic E-state index is 4.40. The Morgan fingerprint density at radius 1 is 1.16 bits per heavy atom. The maximum Gasteiger partial charge on any atom is 0.192 e. The summed E-state index contributed by atoms with van der Waals surface area (Å²) < 4.78 is 2.13. The average Bonchev–Trinajstić information content (AvgIpc) is 3.22. The number of thioether (sulfide) groups is 1. The summed E-state index contributed by atoms with van der Waals surface area (Å²) in [7, 11) is 0. The third-order valence-electron chi connectivity index (χ3n) is 3.96. The fraction of sp³-hybridized carbons (Fsp3) is 0.300. The van der Waals surface area contributed by atoms with Crippen LogP contribution in [-0.2, 0) is 17.7 Å². The minimum atomic E-state index is 0.186. The molecule has 0 bridgehead atoms. The molecule has 0 spiro atoms. The zero-order chi connectivity index (χ0) is 17.9. The van der Waals surface area contributed by atoms with E-state index >= 15 is 0 Å². The van der Waals surface area contributed by atoms with Crippen molar-refractivity contribution in [1.29, 1.82) is 0 Å². The molecule has 0 saturated carbocycles. The van der Waals surface area contributed by atoms with Crippen molar-refractivity contribution in [3.05, 3.63) is 65.6 Å². The zero-order valence-electron chi connectivity index (χ0n) is 14.9. The monoisotopic (exact) mass is 369 g/mol. The van der Waals surface area contributed by atoms with E-state index in [0.717, 1.165) is 21.6 Å². The molecule has 2 heterocycles. The van der Waals surface area contributed by atoms with Gasteiger partial charge in [-0.25, -0.2) is 0 Å². The van der Waals surface area contributed by atoms with Gasteiger partial charge in [0.1, 0.15) is 0 Å². The maximum absolute atomic E-state index is 4.40. The van der Waals surface area contributed by atoms with Gasteiger partial charge in [0.25, 0.3) is 0 Å². The number of aromatic nitrogens is 3. The number of hydrogen-bond donors (Lipinski definition) is 0. The van der Waals surface area contributed by atoms with E-state index in [2.05, 4.69) is 77.8 Å². The lowest BCUT2D eigenvalue weighted by atomic mass is 9.87. The lowest BCUT2D eigenvalue weighted by Gasteiger charge is -2.19. The van der Waals surface area contributed by atoms with Crippen molar-refractivity contribution >= 4 is 23.1 Å². The molecule has 3 rings (SSSR count). The van der Waals surface area contributed by atoms with Gasteiger partial charge in [0.05, 0.1) is 4.88 Å². The van der Waals surface area contributed by atoms with Crippen molar-refractivity contribution < 1.29 is 0 Å². The fourth-order valence-electron chi connectivity index (χ4n) is 2.53. The van der Waals surface area contributed by atoms with Crippen LogP contribution in [-0.4, -0.2) is 14.8 Å². The molecule has 0 aliphatic heterocycles. The second-order valence-electron chi connectivity index (χ2n) is 6.92. The topological polar surface area (TPSA) is 30.7 Å². The highest BCUT2D eigenvalue weighted by molar-refractivity contribution is 7.98. The molecule has 5 heteroatoms. The minimum Gasteiger partial charge on any atom is -0.297 e. The number of hydrogen-bond acceptors (Lipinski definition) is 4. The summed E-state index contributed by atoms with van der Waals surface area (Å²) in [6, 6.07) is 13.0. The third-order valence-corrected chi connectivity index (χ3v) is 5.86. The van der Waals surface area contributed by atoms with Crippen LogP contribution in [0.25, 0.3) is 10.7 Å². The molecule has 0 aliphatic carbocycles. The molecule has 3 nitrogen and oxygen atoms in total. The molecule has 0 unspecified atom stereocenters. The lowest BCUT2D eigenvalue weighted by Crippen LogP contribution is -2.10. The van der Waals surface area contributed by atoms with Gasteiger partial charge in [-0.1, -0.05) is 68.9 Å². The van der Waals surface area contributed by atoms with E-state index in [-0.39, 0.29) is 5.41 Å². The lowest BCUT2D eigenvalue weighted by molar-refractivity contribution is 0.590. The molecule has 0 fully saturated rings. The van der Waals surface area contributed by atoms with Crippen molar-refractivity contribution in [3.8, 4) is 10.7 Å². The minimum absolute atomic E-state index is 0.186. The Kier molecular flexibility index (Phi) is 5.45. The highest BCUT2D eigenvalue weighted by Gasteiger charge is 2.15. The summed E-state index contributed by atoms with van der Waals surface area (Å²) in [4.78, 5) is 1.13. The Labute approximate surface area is 157 Å². The number of thiophene rings is 1. The highest BCUT2D eigenvalue weighted by atomic mass is 32.2. The summed E-state index contributed by atoms with van der Waals surface area (Å²) in [5, 5.41) is 11.8. The Hall–Kier alpha value is -1.85.